The number of nitrogens with two attached hydrogens (primary N) is 1. The molecule has 0 saturated carbocycles. The second-order valence-corrected chi connectivity index (χ2v) is 7.58. The van der Waals surface area contributed by atoms with Crippen molar-refractivity contribution in [2.75, 3.05) is 5.32 Å². The highest BCUT2D eigenvalue weighted by Gasteiger charge is 2.17. The molecule has 4 N–H and O–H groups in total. The number of pyridine rings is 1. The molecule has 0 unspecified atom stereocenters. The molecule has 2 aromatic carbocycles. The van der Waals surface area contributed by atoms with E-state index >= 15 is 0 Å². The summed E-state index contributed by atoms with van der Waals surface area (Å²) in [7, 11) is 1.85. The van der Waals surface area contributed by atoms with E-state index < -0.39 is 0 Å². The average molecular weight is 428 g/mol. The molecule has 0 atom stereocenters. The summed E-state index contributed by atoms with van der Waals surface area (Å²) in [5.41, 5.74) is 9.13. The highest BCUT2D eigenvalue weighted by atomic mass is 35.5. The van der Waals surface area contributed by atoms with Crippen LogP contribution in [0.1, 0.15) is 11.3 Å². The zero-order valence-electron chi connectivity index (χ0n) is 15.9. The molecule has 2 heterocycles. The summed E-state index contributed by atoms with van der Waals surface area (Å²) in [4.78, 5) is 20.6. The minimum atomic E-state index is -0.165. The van der Waals surface area contributed by atoms with Crippen LogP contribution in [-0.4, -0.2) is 14.5 Å². The van der Waals surface area contributed by atoms with Gasteiger partial charge in [-0.25, -0.2) is 4.98 Å². The van der Waals surface area contributed by atoms with Crippen LogP contribution in [0.2, 0.25) is 10.0 Å². The van der Waals surface area contributed by atoms with E-state index in [1.54, 1.807) is 18.2 Å². The Morgan fingerprint density at radius 1 is 1.24 bits per heavy atom. The SMILES string of the molecule is Cc1c(CC=CN)[nH]c(=O)c2c1ccc1nc(Nc3c(Cl)cccc3Cl)n(C)c12. The Balaban J connectivity index is 1.94. The Kier molecular flexibility index (Phi) is 4.98. The molecule has 0 radical (unpaired) electrons. The maximum absolute atomic E-state index is 12.9. The molecular formula is C21H19Cl2N5O. The molecule has 29 heavy (non-hydrogen) atoms. The van der Waals surface area contributed by atoms with Crippen molar-refractivity contribution in [2.24, 2.45) is 12.8 Å². The summed E-state index contributed by atoms with van der Waals surface area (Å²) >= 11 is 12.6. The third kappa shape index (κ3) is 3.24. The van der Waals surface area contributed by atoms with Crippen LogP contribution in [0.25, 0.3) is 21.8 Å². The maximum Gasteiger partial charge on any atom is 0.258 e. The topological polar surface area (TPSA) is 88.7 Å². The second kappa shape index (κ2) is 7.46. The molecule has 0 fully saturated rings. The lowest BCUT2D eigenvalue weighted by atomic mass is 10.0. The molecule has 0 spiro atoms. The largest absolute Gasteiger partial charge is 0.405 e. The fraction of sp³-hybridized carbons (Fsp3) is 0.143. The molecule has 4 rings (SSSR count). The Morgan fingerprint density at radius 2 is 1.97 bits per heavy atom. The molecule has 8 heteroatoms. The van der Waals surface area contributed by atoms with Gasteiger partial charge in [0, 0.05) is 19.2 Å². The fourth-order valence-corrected chi connectivity index (χ4v) is 4.03. The van der Waals surface area contributed by atoms with Crippen LogP contribution in [0.4, 0.5) is 11.6 Å². The molecule has 0 aliphatic rings. The molecular weight excluding hydrogens is 409 g/mol. The van der Waals surface area contributed by atoms with Crippen molar-refractivity contribution < 1.29 is 0 Å². The summed E-state index contributed by atoms with van der Waals surface area (Å²) in [5.74, 6) is 0.537. The van der Waals surface area contributed by atoms with Gasteiger partial charge in [-0.3, -0.25) is 4.79 Å². The summed E-state index contributed by atoms with van der Waals surface area (Å²) in [6.07, 6.45) is 3.85. The summed E-state index contributed by atoms with van der Waals surface area (Å²) < 4.78 is 1.84. The van der Waals surface area contributed by atoms with Gasteiger partial charge in [0.15, 0.2) is 0 Å². The van der Waals surface area contributed by atoms with Gasteiger partial charge in [-0.05, 0) is 42.3 Å². The van der Waals surface area contributed by atoms with Crippen LogP contribution in [0.15, 0.2) is 47.4 Å². The number of hydrogen-bond acceptors (Lipinski definition) is 4. The predicted octanol–water partition coefficient (Wildman–Crippen LogP) is 4.79. The van der Waals surface area contributed by atoms with Gasteiger partial charge in [0.2, 0.25) is 5.95 Å². The van der Waals surface area contributed by atoms with Gasteiger partial charge in [-0.1, -0.05) is 41.4 Å². The highest BCUT2D eigenvalue weighted by molar-refractivity contribution is 6.39. The van der Waals surface area contributed by atoms with Gasteiger partial charge in [0.05, 0.1) is 32.2 Å². The first-order valence-corrected chi connectivity index (χ1v) is 9.76. The monoisotopic (exact) mass is 427 g/mol. The van der Waals surface area contributed by atoms with Gasteiger partial charge < -0.3 is 20.6 Å². The first kappa shape index (κ1) is 19.4. The standard InChI is InChI=1S/C21H19Cl2N5O/c1-11-12-8-9-16-19(17(12)20(29)25-15(11)7-4-10-24)28(2)21(26-16)27-18-13(22)5-3-6-14(18)23/h3-6,8-10H,7,24H2,1-2H3,(H,25,29)(H,26,27). The number of aromatic nitrogens is 3. The van der Waals surface area contributed by atoms with E-state index in [9.17, 15) is 4.79 Å². The van der Waals surface area contributed by atoms with Crippen molar-refractivity contribution in [1.82, 2.24) is 14.5 Å². The lowest BCUT2D eigenvalue weighted by molar-refractivity contribution is 0.959. The normalized spacial score (nSPS) is 11.7. The van der Waals surface area contributed by atoms with E-state index in [4.69, 9.17) is 28.9 Å². The van der Waals surface area contributed by atoms with Crippen LogP contribution in [0.5, 0.6) is 0 Å². The maximum atomic E-state index is 12.9. The van der Waals surface area contributed by atoms with E-state index in [1.807, 2.05) is 36.7 Å². The third-order valence-electron chi connectivity index (χ3n) is 5.04. The molecule has 0 aliphatic carbocycles. The lowest BCUT2D eigenvalue weighted by Gasteiger charge is -2.11. The third-order valence-corrected chi connectivity index (χ3v) is 5.67. The van der Waals surface area contributed by atoms with Crippen LogP contribution >= 0.6 is 23.2 Å². The van der Waals surface area contributed by atoms with Crippen molar-refractivity contribution >= 4 is 56.6 Å². The average Bonchev–Trinajstić information content (AvgIpc) is 3.02. The number of nitrogens with zero attached hydrogens (tertiary/aromatic N) is 2. The zero-order valence-corrected chi connectivity index (χ0v) is 17.4. The number of rotatable bonds is 4. The molecule has 2 aromatic heterocycles. The summed E-state index contributed by atoms with van der Waals surface area (Å²) in [6.45, 7) is 1.99. The number of nitrogens with one attached hydrogen (secondary N) is 2. The van der Waals surface area contributed by atoms with Crippen molar-refractivity contribution in [3.8, 4) is 0 Å². The number of H-pyrrole nitrogens is 1. The van der Waals surface area contributed by atoms with E-state index in [-0.39, 0.29) is 5.56 Å². The van der Waals surface area contributed by atoms with E-state index in [2.05, 4.69) is 15.3 Å². The number of halogens is 2. The van der Waals surface area contributed by atoms with Crippen LogP contribution in [0, 0.1) is 6.92 Å². The van der Waals surface area contributed by atoms with Crippen LogP contribution in [0.3, 0.4) is 0 Å². The fourth-order valence-electron chi connectivity index (χ4n) is 3.53. The van der Waals surface area contributed by atoms with E-state index in [0.717, 1.165) is 22.2 Å². The van der Waals surface area contributed by atoms with E-state index in [0.29, 0.717) is 39.0 Å². The number of para-hydroxylation sites is 1. The number of allylic oxidation sites excluding steroid dienone is 1. The molecule has 0 saturated heterocycles. The Labute approximate surface area is 177 Å². The van der Waals surface area contributed by atoms with Gasteiger partial charge in [0.1, 0.15) is 0 Å². The Morgan fingerprint density at radius 3 is 2.66 bits per heavy atom. The number of aryl methyl sites for hydroxylation is 2. The number of hydrogen-bond donors (Lipinski definition) is 3. The minimum Gasteiger partial charge on any atom is -0.405 e. The lowest BCUT2D eigenvalue weighted by Crippen LogP contribution is -2.13. The molecule has 0 aliphatic heterocycles. The van der Waals surface area contributed by atoms with Crippen LogP contribution < -0.4 is 16.6 Å². The highest BCUT2D eigenvalue weighted by Crippen LogP contribution is 2.34. The molecule has 6 nitrogen and oxygen atoms in total. The number of imidazole rings is 1. The quantitative estimate of drug-likeness (QED) is 0.436. The zero-order chi connectivity index (χ0) is 20.7. The predicted molar refractivity (Wildman–Crippen MR) is 120 cm³/mol. The molecule has 0 amide bonds. The van der Waals surface area contributed by atoms with Gasteiger partial charge >= 0.3 is 0 Å². The van der Waals surface area contributed by atoms with Crippen LogP contribution in [-0.2, 0) is 13.5 Å². The van der Waals surface area contributed by atoms with Crippen molar-refractivity contribution in [2.45, 2.75) is 13.3 Å². The number of anilines is 2. The minimum absolute atomic E-state index is 0.165. The van der Waals surface area contributed by atoms with Gasteiger partial charge in [-0.2, -0.15) is 0 Å². The number of benzene rings is 2. The van der Waals surface area contributed by atoms with Crippen molar-refractivity contribution in [3.05, 3.63) is 74.3 Å². The van der Waals surface area contributed by atoms with Gasteiger partial charge in [0.25, 0.3) is 5.56 Å². The van der Waals surface area contributed by atoms with Gasteiger partial charge in [-0.15, -0.1) is 0 Å². The van der Waals surface area contributed by atoms with Crippen molar-refractivity contribution in [1.29, 1.82) is 0 Å². The first-order valence-electron chi connectivity index (χ1n) is 9.01. The second-order valence-electron chi connectivity index (χ2n) is 6.76. The first-order chi connectivity index (χ1) is 13.9. The number of fused-ring (bicyclic) bond motifs is 3. The smallest absolute Gasteiger partial charge is 0.258 e. The summed E-state index contributed by atoms with van der Waals surface area (Å²) in [5, 5.41) is 5.64. The Bertz CT molecular complexity index is 1320. The molecule has 4 aromatic rings. The summed E-state index contributed by atoms with van der Waals surface area (Å²) in [6, 6.07) is 9.11. The van der Waals surface area contributed by atoms with E-state index in [1.165, 1.54) is 6.20 Å². The number of aromatic amines is 1. The molecule has 0 bridgehead atoms. The Hall–Kier alpha value is -2.96. The molecule has 148 valence electrons. The van der Waals surface area contributed by atoms with Crippen molar-refractivity contribution in [3.63, 3.8) is 0 Å².